The highest BCUT2D eigenvalue weighted by Crippen LogP contribution is 2.37. The van der Waals surface area contributed by atoms with Gasteiger partial charge in [0.2, 0.25) is 0 Å². The second-order valence-electron chi connectivity index (χ2n) is 3.37. The van der Waals surface area contributed by atoms with Crippen LogP contribution < -0.4 is 10.5 Å². The number of nitro groups is 1. The third kappa shape index (κ3) is 3.19. The van der Waals surface area contributed by atoms with Crippen LogP contribution in [-0.4, -0.2) is 14.5 Å². The Hall–Kier alpha value is -1.26. The summed E-state index contributed by atoms with van der Waals surface area (Å²) in [4.78, 5) is 10.2. The average molecular weight is 410 g/mol. The van der Waals surface area contributed by atoms with Gasteiger partial charge in [0, 0.05) is 23.7 Å². The Labute approximate surface area is 128 Å². The predicted molar refractivity (Wildman–Crippen MR) is 77.1 cm³/mol. The molecule has 7 nitrogen and oxygen atoms in total. The second kappa shape index (κ2) is 5.80. The zero-order chi connectivity index (χ0) is 14.0. The summed E-state index contributed by atoms with van der Waals surface area (Å²) >= 11 is 7.53. The summed E-state index contributed by atoms with van der Waals surface area (Å²) in [6, 6.07) is 2.73. The standard InChI is InChI=1S/C9H6Br2N4O3S/c10-5-1-4(15(16)17)2-6(11)8(5)18-3-7-9(12)19-14-13-7/h1-2H,3,12H2. The predicted octanol–water partition coefficient (Wildman–Crippen LogP) is 3.13. The molecule has 0 amide bonds. The third-order valence-electron chi connectivity index (χ3n) is 2.13. The molecule has 0 aliphatic heterocycles. The Morgan fingerprint density at radius 3 is 2.53 bits per heavy atom. The Balaban J connectivity index is 2.21. The number of nitrogen functional groups attached to an aromatic ring is 1. The minimum Gasteiger partial charge on any atom is -0.485 e. The van der Waals surface area contributed by atoms with Gasteiger partial charge in [-0.3, -0.25) is 10.1 Å². The van der Waals surface area contributed by atoms with Crippen LogP contribution in [0.5, 0.6) is 5.75 Å². The number of rotatable bonds is 4. The monoisotopic (exact) mass is 408 g/mol. The largest absolute Gasteiger partial charge is 0.485 e. The van der Waals surface area contributed by atoms with E-state index >= 15 is 0 Å². The lowest BCUT2D eigenvalue weighted by atomic mass is 10.3. The molecule has 1 aromatic heterocycles. The summed E-state index contributed by atoms with van der Waals surface area (Å²) in [6.07, 6.45) is 0. The Morgan fingerprint density at radius 2 is 2.05 bits per heavy atom. The first-order valence-corrected chi connectivity index (χ1v) is 7.18. The van der Waals surface area contributed by atoms with Crippen molar-refractivity contribution in [3.63, 3.8) is 0 Å². The fraction of sp³-hybridized carbons (Fsp3) is 0.111. The summed E-state index contributed by atoms with van der Waals surface area (Å²) in [6.45, 7) is 0.136. The van der Waals surface area contributed by atoms with Crippen LogP contribution in [0, 0.1) is 10.1 Å². The first-order valence-electron chi connectivity index (χ1n) is 4.82. The van der Waals surface area contributed by atoms with E-state index in [2.05, 4.69) is 41.4 Å². The molecule has 2 aromatic rings. The van der Waals surface area contributed by atoms with E-state index in [1.54, 1.807) is 0 Å². The summed E-state index contributed by atoms with van der Waals surface area (Å²) < 4.78 is 10.2. The molecule has 2 N–H and O–H groups in total. The Morgan fingerprint density at radius 1 is 1.42 bits per heavy atom. The molecule has 0 saturated carbocycles. The van der Waals surface area contributed by atoms with Crippen molar-refractivity contribution < 1.29 is 9.66 Å². The average Bonchev–Trinajstić information content (AvgIpc) is 2.73. The first kappa shape index (κ1) is 14.2. The number of non-ortho nitro benzene ring substituents is 1. The maximum absolute atomic E-state index is 10.7. The normalized spacial score (nSPS) is 10.4. The van der Waals surface area contributed by atoms with Crippen LogP contribution in [-0.2, 0) is 6.61 Å². The molecule has 10 heteroatoms. The summed E-state index contributed by atoms with van der Waals surface area (Å²) in [5.41, 5.74) is 6.13. The fourth-order valence-electron chi connectivity index (χ4n) is 1.25. The number of benzene rings is 1. The van der Waals surface area contributed by atoms with Gasteiger partial charge in [-0.05, 0) is 31.9 Å². The molecule has 0 radical (unpaired) electrons. The molecule has 2 rings (SSSR count). The van der Waals surface area contributed by atoms with Crippen molar-refractivity contribution in [2.75, 3.05) is 5.73 Å². The molecule has 19 heavy (non-hydrogen) atoms. The van der Waals surface area contributed by atoms with Crippen molar-refractivity contribution in [2.45, 2.75) is 6.61 Å². The highest BCUT2D eigenvalue weighted by Gasteiger charge is 2.16. The number of ether oxygens (including phenoxy) is 1. The molecule has 0 spiro atoms. The minimum atomic E-state index is -0.484. The van der Waals surface area contributed by atoms with Gasteiger partial charge in [-0.2, -0.15) is 0 Å². The molecular formula is C9H6Br2N4O3S. The number of halogens is 2. The van der Waals surface area contributed by atoms with Gasteiger partial charge in [-0.1, -0.05) is 4.49 Å². The van der Waals surface area contributed by atoms with Gasteiger partial charge in [0.05, 0.1) is 13.9 Å². The lowest BCUT2D eigenvalue weighted by Gasteiger charge is -2.09. The number of hydrogen-bond donors (Lipinski definition) is 1. The summed E-state index contributed by atoms with van der Waals surface area (Å²) in [7, 11) is 0. The zero-order valence-electron chi connectivity index (χ0n) is 9.17. The lowest BCUT2D eigenvalue weighted by molar-refractivity contribution is -0.385. The summed E-state index contributed by atoms with van der Waals surface area (Å²) in [5, 5.41) is 15.0. The van der Waals surface area contributed by atoms with E-state index in [-0.39, 0.29) is 12.3 Å². The molecule has 0 bridgehead atoms. The van der Waals surface area contributed by atoms with E-state index in [0.717, 1.165) is 11.5 Å². The third-order valence-corrected chi connectivity index (χ3v) is 3.91. The molecule has 0 atom stereocenters. The molecule has 0 aliphatic carbocycles. The van der Waals surface area contributed by atoms with Crippen molar-refractivity contribution in [3.05, 3.63) is 36.9 Å². The van der Waals surface area contributed by atoms with E-state index in [1.807, 2.05) is 0 Å². The molecule has 0 fully saturated rings. The fourth-order valence-corrected chi connectivity index (χ4v) is 3.07. The number of nitro benzene ring substituents is 1. The molecule has 0 unspecified atom stereocenters. The Kier molecular flexibility index (Phi) is 4.32. The number of anilines is 1. The van der Waals surface area contributed by atoms with Crippen LogP contribution in [0.3, 0.4) is 0 Å². The van der Waals surface area contributed by atoms with Gasteiger partial charge >= 0.3 is 0 Å². The molecule has 0 aliphatic rings. The van der Waals surface area contributed by atoms with Gasteiger partial charge in [-0.25, -0.2) is 0 Å². The van der Waals surface area contributed by atoms with Crippen molar-refractivity contribution in [3.8, 4) is 5.75 Å². The van der Waals surface area contributed by atoms with Crippen molar-refractivity contribution >= 4 is 54.1 Å². The van der Waals surface area contributed by atoms with E-state index in [1.165, 1.54) is 12.1 Å². The maximum atomic E-state index is 10.7. The number of nitrogens with two attached hydrogens (primary N) is 1. The Bertz CT molecular complexity index is 611. The number of hydrogen-bond acceptors (Lipinski definition) is 7. The molecule has 0 saturated heterocycles. The van der Waals surface area contributed by atoms with Gasteiger partial charge < -0.3 is 10.5 Å². The van der Waals surface area contributed by atoms with Gasteiger partial charge in [0.15, 0.2) is 0 Å². The lowest BCUT2D eigenvalue weighted by Crippen LogP contribution is -2.00. The maximum Gasteiger partial charge on any atom is 0.271 e. The topological polar surface area (TPSA) is 104 Å². The van der Waals surface area contributed by atoms with Crippen molar-refractivity contribution in [1.29, 1.82) is 0 Å². The zero-order valence-corrected chi connectivity index (χ0v) is 13.2. The smallest absolute Gasteiger partial charge is 0.271 e. The van der Waals surface area contributed by atoms with Crippen LogP contribution in [0.4, 0.5) is 10.7 Å². The van der Waals surface area contributed by atoms with Crippen molar-refractivity contribution in [1.82, 2.24) is 9.59 Å². The van der Waals surface area contributed by atoms with Crippen molar-refractivity contribution in [2.24, 2.45) is 0 Å². The molecular weight excluding hydrogens is 404 g/mol. The second-order valence-corrected chi connectivity index (χ2v) is 5.86. The summed E-state index contributed by atoms with van der Waals surface area (Å²) in [5.74, 6) is 0.443. The van der Waals surface area contributed by atoms with E-state index in [4.69, 9.17) is 10.5 Å². The minimum absolute atomic E-state index is 0.0408. The quantitative estimate of drug-likeness (QED) is 0.614. The molecule has 1 aromatic carbocycles. The van der Waals surface area contributed by atoms with Gasteiger partial charge in [-0.15, -0.1) is 5.10 Å². The molecule has 1 heterocycles. The van der Waals surface area contributed by atoms with E-state index < -0.39 is 4.92 Å². The van der Waals surface area contributed by atoms with Crippen LogP contribution in [0.15, 0.2) is 21.1 Å². The van der Waals surface area contributed by atoms with Crippen LogP contribution in [0.2, 0.25) is 0 Å². The van der Waals surface area contributed by atoms with Gasteiger partial charge in [0.1, 0.15) is 23.1 Å². The highest BCUT2D eigenvalue weighted by molar-refractivity contribution is 9.11. The van der Waals surface area contributed by atoms with Crippen LogP contribution >= 0.6 is 43.4 Å². The molecule has 100 valence electrons. The number of aromatic nitrogens is 2. The highest BCUT2D eigenvalue weighted by atomic mass is 79.9. The van der Waals surface area contributed by atoms with E-state index in [9.17, 15) is 10.1 Å². The van der Waals surface area contributed by atoms with Gasteiger partial charge in [0.25, 0.3) is 5.69 Å². The van der Waals surface area contributed by atoms with Crippen LogP contribution in [0.1, 0.15) is 5.69 Å². The SMILES string of the molecule is Nc1snnc1COc1c(Br)cc([N+](=O)[O-])cc1Br. The van der Waals surface area contributed by atoms with E-state index in [0.29, 0.717) is 25.4 Å². The first-order chi connectivity index (χ1) is 8.99. The van der Waals surface area contributed by atoms with Crippen LogP contribution in [0.25, 0.3) is 0 Å². The number of nitrogens with zero attached hydrogens (tertiary/aromatic N) is 3.